The predicted octanol–water partition coefficient (Wildman–Crippen LogP) is 2.83. The van der Waals surface area contributed by atoms with Crippen molar-refractivity contribution in [3.05, 3.63) is 35.4 Å². The molecule has 1 aliphatic carbocycles. The molecule has 3 nitrogen and oxygen atoms in total. The molecule has 3 rings (SSSR count). The van der Waals surface area contributed by atoms with Gasteiger partial charge in [-0.3, -0.25) is 4.79 Å². The van der Waals surface area contributed by atoms with Crippen LogP contribution in [-0.2, 0) is 11.2 Å². The van der Waals surface area contributed by atoms with E-state index in [4.69, 9.17) is 0 Å². The van der Waals surface area contributed by atoms with E-state index in [1.807, 2.05) is 0 Å². The summed E-state index contributed by atoms with van der Waals surface area (Å²) in [5, 5.41) is 6.24. The van der Waals surface area contributed by atoms with Crippen LogP contribution in [0.1, 0.15) is 31.2 Å². The number of carbonyl (C=O) groups is 1. The lowest BCUT2D eigenvalue weighted by molar-refractivity contribution is -0.133. The van der Waals surface area contributed by atoms with Gasteiger partial charge in [0.1, 0.15) is 11.6 Å². The third-order valence-corrected chi connectivity index (χ3v) is 5.21. The molecule has 1 saturated carbocycles. The van der Waals surface area contributed by atoms with E-state index in [0.29, 0.717) is 5.92 Å². The Labute approximate surface area is 141 Å². The fraction of sp³-hybridized carbons (Fsp3) is 0.588. The van der Waals surface area contributed by atoms with Crippen LogP contribution < -0.4 is 10.6 Å². The highest BCUT2D eigenvalue weighted by atomic mass is 35.5. The number of fused-ring (bicyclic) bond motifs is 1. The third kappa shape index (κ3) is 3.50. The van der Waals surface area contributed by atoms with Crippen LogP contribution in [0.25, 0.3) is 0 Å². The van der Waals surface area contributed by atoms with Crippen molar-refractivity contribution in [3.8, 4) is 0 Å². The van der Waals surface area contributed by atoms with Crippen LogP contribution in [0, 0.1) is 23.0 Å². The number of carbonyl (C=O) groups excluding carboxylic acids is 1. The Bertz CT molecular complexity index is 549. The van der Waals surface area contributed by atoms with Gasteiger partial charge in [-0.05, 0) is 43.9 Å². The first-order valence-electron chi connectivity index (χ1n) is 8.05. The molecule has 2 N–H and O–H groups in total. The molecule has 1 aliphatic heterocycles. The zero-order chi connectivity index (χ0) is 15.6. The Balaban J connectivity index is 0.00000192. The normalized spacial score (nSPS) is 26.3. The summed E-state index contributed by atoms with van der Waals surface area (Å²) < 4.78 is 27.2. The van der Waals surface area contributed by atoms with Gasteiger partial charge in [-0.2, -0.15) is 0 Å². The topological polar surface area (TPSA) is 41.1 Å². The average Bonchev–Trinajstić information content (AvgIpc) is 2.95. The second-order valence-electron chi connectivity index (χ2n) is 6.44. The van der Waals surface area contributed by atoms with Gasteiger partial charge in [0.25, 0.3) is 0 Å². The van der Waals surface area contributed by atoms with E-state index in [1.165, 1.54) is 24.6 Å². The van der Waals surface area contributed by atoms with Crippen LogP contribution in [0.4, 0.5) is 8.78 Å². The maximum Gasteiger partial charge on any atom is 0.227 e. The molecule has 0 unspecified atom stereocenters. The first-order chi connectivity index (χ1) is 10.6. The highest BCUT2D eigenvalue weighted by Crippen LogP contribution is 2.43. The zero-order valence-corrected chi connectivity index (χ0v) is 13.9. The van der Waals surface area contributed by atoms with Gasteiger partial charge in [-0.25, -0.2) is 8.78 Å². The van der Waals surface area contributed by atoms with Crippen molar-refractivity contribution in [2.75, 3.05) is 19.6 Å². The van der Waals surface area contributed by atoms with E-state index in [2.05, 4.69) is 10.6 Å². The van der Waals surface area contributed by atoms with Gasteiger partial charge in [0.15, 0.2) is 0 Å². The van der Waals surface area contributed by atoms with Gasteiger partial charge in [0.2, 0.25) is 5.91 Å². The largest absolute Gasteiger partial charge is 0.355 e. The summed E-state index contributed by atoms with van der Waals surface area (Å²) in [7, 11) is 0. The fourth-order valence-corrected chi connectivity index (χ4v) is 3.94. The number of hydrogen-bond acceptors (Lipinski definition) is 2. The van der Waals surface area contributed by atoms with E-state index in [-0.39, 0.29) is 42.3 Å². The summed E-state index contributed by atoms with van der Waals surface area (Å²) in [6, 6.07) is 3.84. The number of rotatable bonds is 4. The SMILES string of the molecule is Cl.O=C(NCCc1c(F)cccc1F)[C@@]12CCCC[C@H]1CNC2. The minimum atomic E-state index is -0.550. The minimum absolute atomic E-state index is 0. The number of benzene rings is 1. The molecule has 0 aromatic heterocycles. The van der Waals surface area contributed by atoms with Gasteiger partial charge < -0.3 is 10.6 Å². The van der Waals surface area contributed by atoms with Crippen molar-refractivity contribution >= 4 is 18.3 Å². The lowest BCUT2D eigenvalue weighted by atomic mass is 9.67. The maximum atomic E-state index is 13.6. The summed E-state index contributed by atoms with van der Waals surface area (Å²) >= 11 is 0. The third-order valence-electron chi connectivity index (χ3n) is 5.21. The van der Waals surface area contributed by atoms with E-state index in [1.54, 1.807) is 0 Å². The van der Waals surface area contributed by atoms with E-state index in [0.717, 1.165) is 32.4 Å². The van der Waals surface area contributed by atoms with Crippen molar-refractivity contribution in [1.82, 2.24) is 10.6 Å². The van der Waals surface area contributed by atoms with Gasteiger partial charge in [-0.1, -0.05) is 18.9 Å². The molecule has 6 heteroatoms. The maximum absolute atomic E-state index is 13.6. The minimum Gasteiger partial charge on any atom is -0.355 e. The Kier molecular flexibility index (Phi) is 5.98. The number of hydrogen-bond donors (Lipinski definition) is 2. The molecule has 23 heavy (non-hydrogen) atoms. The smallest absolute Gasteiger partial charge is 0.227 e. The predicted molar refractivity (Wildman–Crippen MR) is 87.6 cm³/mol. The molecule has 1 saturated heterocycles. The Hall–Kier alpha value is -1.20. The molecule has 2 atom stereocenters. The van der Waals surface area contributed by atoms with E-state index < -0.39 is 11.6 Å². The highest BCUT2D eigenvalue weighted by Gasteiger charge is 2.49. The standard InChI is InChI=1S/C17H22F2N2O.ClH/c18-14-5-3-6-15(19)13(14)7-9-21-16(22)17-8-2-1-4-12(17)10-20-11-17;/h3,5-6,12,20H,1-2,4,7-11H2,(H,21,22);1H/t12-,17+;/m0./s1. The zero-order valence-electron chi connectivity index (χ0n) is 13.0. The summed E-state index contributed by atoms with van der Waals surface area (Å²) in [6.07, 6.45) is 4.43. The molecule has 1 aromatic carbocycles. The van der Waals surface area contributed by atoms with Crippen LogP contribution >= 0.6 is 12.4 Å². The molecule has 2 aliphatic rings. The first kappa shape index (κ1) is 18.1. The van der Waals surface area contributed by atoms with Crippen molar-refractivity contribution in [1.29, 1.82) is 0 Å². The lowest BCUT2D eigenvalue weighted by Crippen LogP contribution is -2.48. The van der Waals surface area contributed by atoms with Crippen LogP contribution in [-0.4, -0.2) is 25.5 Å². The molecule has 1 amide bonds. The van der Waals surface area contributed by atoms with Crippen molar-refractivity contribution in [2.45, 2.75) is 32.1 Å². The molecule has 0 spiro atoms. The Morgan fingerprint density at radius 3 is 2.78 bits per heavy atom. The molecule has 128 valence electrons. The van der Waals surface area contributed by atoms with Crippen LogP contribution in [0.3, 0.4) is 0 Å². The molecule has 2 fully saturated rings. The summed E-state index contributed by atoms with van der Waals surface area (Å²) in [6.45, 7) is 1.89. The number of amides is 1. The summed E-state index contributed by atoms with van der Waals surface area (Å²) in [5.41, 5.74) is -0.267. The second kappa shape index (κ2) is 7.58. The Morgan fingerprint density at radius 2 is 2.04 bits per heavy atom. The quantitative estimate of drug-likeness (QED) is 0.882. The second-order valence-corrected chi connectivity index (χ2v) is 6.44. The highest BCUT2D eigenvalue weighted by molar-refractivity contribution is 5.85. The van der Waals surface area contributed by atoms with E-state index >= 15 is 0 Å². The molecular formula is C17H23ClF2N2O. The van der Waals surface area contributed by atoms with Gasteiger partial charge in [-0.15, -0.1) is 12.4 Å². The Morgan fingerprint density at radius 1 is 1.30 bits per heavy atom. The molecule has 1 heterocycles. The summed E-state index contributed by atoms with van der Waals surface area (Å²) in [5.74, 6) is -0.665. The van der Waals surface area contributed by atoms with E-state index in [9.17, 15) is 13.6 Å². The summed E-state index contributed by atoms with van der Waals surface area (Å²) in [4.78, 5) is 12.6. The van der Waals surface area contributed by atoms with Crippen molar-refractivity contribution in [2.24, 2.45) is 11.3 Å². The monoisotopic (exact) mass is 344 g/mol. The molecular weight excluding hydrogens is 322 g/mol. The van der Waals surface area contributed by atoms with Crippen molar-refractivity contribution in [3.63, 3.8) is 0 Å². The van der Waals surface area contributed by atoms with Crippen LogP contribution in [0.2, 0.25) is 0 Å². The van der Waals surface area contributed by atoms with Crippen molar-refractivity contribution < 1.29 is 13.6 Å². The van der Waals surface area contributed by atoms with Crippen LogP contribution in [0.5, 0.6) is 0 Å². The number of halogens is 3. The lowest BCUT2D eigenvalue weighted by Gasteiger charge is -2.37. The van der Waals surface area contributed by atoms with Gasteiger partial charge in [0, 0.05) is 18.7 Å². The first-order valence-corrected chi connectivity index (χ1v) is 8.05. The van der Waals surface area contributed by atoms with Gasteiger partial charge >= 0.3 is 0 Å². The average molecular weight is 345 g/mol. The number of nitrogens with one attached hydrogen (secondary N) is 2. The van der Waals surface area contributed by atoms with Crippen LogP contribution in [0.15, 0.2) is 18.2 Å². The fourth-order valence-electron chi connectivity index (χ4n) is 3.94. The van der Waals surface area contributed by atoms with Gasteiger partial charge in [0.05, 0.1) is 5.41 Å². The molecule has 0 radical (unpaired) electrons. The molecule has 1 aromatic rings. The molecule has 0 bridgehead atoms.